The third-order valence-corrected chi connectivity index (χ3v) is 9.25. The summed E-state index contributed by atoms with van der Waals surface area (Å²) in [6, 6.07) is 14.6. The molecule has 2 amide bonds. The highest BCUT2D eigenvalue weighted by Crippen LogP contribution is 2.36. The van der Waals surface area contributed by atoms with Crippen molar-refractivity contribution in [1.29, 1.82) is 0 Å². The number of unbranched alkanes of at least 4 members (excludes halogenated alkanes) is 1. The summed E-state index contributed by atoms with van der Waals surface area (Å²) in [5.41, 5.74) is 1.02. The van der Waals surface area contributed by atoms with Gasteiger partial charge in [0.05, 0.1) is 0 Å². The molecule has 43 heavy (non-hydrogen) atoms. The molecule has 2 aromatic rings. The quantitative estimate of drug-likeness (QED) is 0.385. The average molecular weight is 586 g/mol. The van der Waals surface area contributed by atoms with E-state index in [0.717, 1.165) is 44.5 Å². The number of carboxylic acid groups (broad SMARTS) is 1. The van der Waals surface area contributed by atoms with Crippen LogP contribution in [0.4, 0.5) is 0 Å². The number of hydrogen-bond donors (Lipinski definition) is 2. The van der Waals surface area contributed by atoms with Crippen molar-refractivity contribution in [2.45, 2.75) is 89.3 Å². The van der Waals surface area contributed by atoms with E-state index >= 15 is 0 Å². The Hall–Kier alpha value is -3.83. The first-order chi connectivity index (χ1) is 20.9. The molecule has 0 radical (unpaired) electrons. The zero-order valence-electron chi connectivity index (χ0n) is 25.1. The lowest BCUT2D eigenvalue weighted by molar-refractivity contribution is -0.162. The van der Waals surface area contributed by atoms with Gasteiger partial charge < -0.3 is 20.1 Å². The number of ether oxygens (including phenoxy) is 1. The number of likely N-dealkylation sites (tertiary alicyclic amines) is 1. The smallest absolute Gasteiger partial charge is 0.382 e. The standard InChI is InChI=1S/C35H43N3O5/c1-2-3-21-38-33(41)31(24-27-7-5-4-6-8-27)36-34(42)35(38)19-22-37(23-20-35)25-28-11-16-30(17-12-28)43-29-14-9-26(10-15-29)13-18-32(39)40/h9-12,14-17,27,31H,2-8,19-25H2,1H3,(H,36,42)(H,39,40)/t31-/m0/s1. The Morgan fingerprint density at radius 3 is 2.28 bits per heavy atom. The second kappa shape index (κ2) is 14.1. The number of hydrogen-bond acceptors (Lipinski definition) is 5. The minimum atomic E-state index is -1.16. The monoisotopic (exact) mass is 585 g/mol. The molecule has 2 aromatic carbocycles. The fraction of sp³-hybridized carbons (Fsp3) is 0.514. The van der Waals surface area contributed by atoms with Gasteiger partial charge in [-0.3, -0.25) is 14.5 Å². The highest BCUT2D eigenvalue weighted by Gasteiger charge is 2.53. The number of nitrogens with zero attached hydrogens (tertiary/aromatic N) is 2. The van der Waals surface area contributed by atoms with Crippen molar-refractivity contribution in [2.75, 3.05) is 19.6 Å². The van der Waals surface area contributed by atoms with Gasteiger partial charge in [-0.1, -0.05) is 63.5 Å². The molecule has 5 rings (SSSR count). The van der Waals surface area contributed by atoms with Crippen LogP contribution in [0, 0.1) is 17.8 Å². The Labute approximate surface area is 254 Å². The lowest BCUT2D eigenvalue weighted by Crippen LogP contribution is -2.73. The van der Waals surface area contributed by atoms with Gasteiger partial charge >= 0.3 is 5.97 Å². The lowest BCUT2D eigenvalue weighted by Gasteiger charge is -2.52. The summed E-state index contributed by atoms with van der Waals surface area (Å²) >= 11 is 0. The fourth-order valence-corrected chi connectivity index (χ4v) is 6.80. The Kier molecular flexibility index (Phi) is 10.0. The molecule has 8 heteroatoms. The molecule has 1 aliphatic carbocycles. The summed E-state index contributed by atoms with van der Waals surface area (Å²) in [7, 11) is 0. The molecule has 0 aromatic heterocycles. The molecule has 0 unspecified atom stereocenters. The summed E-state index contributed by atoms with van der Waals surface area (Å²) < 4.78 is 5.94. The molecular formula is C35H43N3O5. The van der Waals surface area contributed by atoms with E-state index in [4.69, 9.17) is 9.84 Å². The average Bonchev–Trinajstić information content (AvgIpc) is 3.02. The molecule has 228 valence electrons. The van der Waals surface area contributed by atoms with E-state index in [2.05, 4.69) is 29.0 Å². The third-order valence-electron chi connectivity index (χ3n) is 9.25. The zero-order valence-corrected chi connectivity index (χ0v) is 25.1. The van der Waals surface area contributed by atoms with E-state index in [-0.39, 0.29) is 17.9 Å². The topological polar surface area (TPSA) is 99.2 Å². The molecule has 3 fully saturated rings. The van der Waals surface area contributed by atoms with Gasteiger partial charge in [-0.05, 0) is 73.6 Å². The van der Waals surface area contributed by atoms with E-state index in [9.17, 15) is 14.4 Å². The SMILES string of the molecule is CCCCN1C(=O)[C@H](CC2CCCCC2)NC(=O)C12CCN(Cc1ccc(Oc3ccc(C#CC(=O)O)cc3)cc1)CC2. The van der Waals surface area contributed by atoms with Crippen LogP contribution in [0.1, 0.15) is 82.3 Å². The van der Waals surface area contributed by atoms with Crippen molar-refractivity contribution >= 4 is 17.8 Å². The van der Waals surface area contributed by atoms with E-state index in [0.29, 0.717) is 42.4 Å². The van der Waals surface area contributed by atoms with Crippen LogP contribution in [0.25, 0.3) is 0 Å². The first-order valence-electron chi connectivity index (χ1n) is 15.8. The number of carbonyl (C=O) groups excluding carboxylic acids is 2. The van der Waals surface area contributed by atoms with Crippen molar-refractivity contribution in [2.24, 2.45) is 5.92 Å². The van der Waals surface area contributed by atoms with Gasteiger partial charge in [-0.25, -0.2) is 4.79 Å². The Bertz CT molecular complexity index is 1330. The maximum Gasteiger partial charge on any atom is 0.382 e. The Morgan fingerprint density at radius 2 is 1.65 bits per heavy atom. The van der Waals surface area contributed by atoms with Gasteiger partial charge in [0.1, 0.15) is 23.1 Å². The minimum Gasteiger partial charge on any atom is -0.472 e. The molecule has 0 bridgehead atoms. The first-order valence-corrected chi connectivity index (χ1v) is 15.8. The normalized spacial score (nSPS) is 20.8. The predicted molar refractivity (Wildman–Crippen MR) is 164 cm³/mol. The van der Waals surface area contributed by atoms with E-state index in [1.165, 1.54) is 32.1 Å². The van der Waals surface area contributed by atoms with Crippen LogP contribution in [0.15, 0.2) is 48.5 Å². The molecule has 8 nitrogen and oxygen atoms in total. The van der Waals surface area contributed by atoms with Crippen molar-refractivity contribution in [3.63, 3.8) is 0 Å². The van der Waals surface area contributed by atoms with Crippen LogP contribution < -0.4 is 10.1 Å². The zero-order chi connectivity index (χ0) is 30.2. The Balaban J connectivity index is 1.17. The van der Waals surface area contributed by atoms with Crippen LogP contribution >= 0.6 is 0 Å². The van der Waals surface area contributed by atoms with Gasteiger partial charge in [-0.15, -0.1) is 0 Å². The van der Waals surface area contributed by atoms with Gasteiger partial charge in [0.25, 0.3) is 0 Å². The van der Waals surface area contributed by atoms with Crippen molar-refractivity contribution in [3.8, 4) is 23.3 Å². The molecule has 2 saturated heterocycles. The van der Waals surface area contributed by atoms with Crippen molar-refractivity contribution in [3.05, 3.63) is 59.7 Å². The number of piperazine rings is 1. The maximum absolute atomic E-state index is 13.8. The van der Waals surface area contributed by atoms with Crippen LogP contribution in [0.5, 0.6) is 11.5 Å². The van der Waals surface area contributed by atoms with E-state index in [1.807, 2.05) is 29.2 Å². The van der Waals surface area contributed by atoms with Gasteiger partial charge in [-0.2, -0.15) is 0 Å². The number of benzene rings is 2. The summed E-state index contributed by atoms with van der Waals surface area (Å²) in [5, 5.41) is 11.9. The highest BCUT2D eigenvalue weighted by molar-refractivity contribution is 6.00. The Morgan fingerprint density at radius 1 is 1.00 bits per heavy atom. The number of piperidine rings is 1. The minimum absolute atomic E-state index is 0.0483. The van der Waals surface area contributed by atoms with Crippen molar-refractivity contribution < 1.29 is 24.2 Å². The van der Waals surface area contributed by atoms with Crippen LogP contribution in [0.2, 0.25) is 0 Å². The molecule has 2 N–H and O–H groups in total. The third kappa shape index (κ3) is 7.58. The summed E-state index contributed by atoms with van der Waals surface area (Å²) in [6.45, 7) is 5.07. The molecule has 1 spiro atoms. The number of aliphatic carboxylic acids is 1. The summed E-state index contributed by atoms with van der Waals surface area (Å²) in [4.78, 5) is 42.4. The molecule has 1 atom stereocenters. The van der Waals surface area contributed by atoms with Crippen LogP contribution in [-0.4, -0.2) is 63.9 Å². The summed E-state index contributed by atoms with van der Waals surface area (Å²) in [6.07, 6.45) is 10.1. The highest BCUT2D eigenvalue weighted by atomic mass is 16.5. The van der Waals surface area contributed by atoms with Crippen molar-refractivity contribution in [1.82, 2.24) is 15.1 Å². The predicted octanol–water partition coefficient (Wildman–Crippen LogP) is 5.35. The fourth-order valence-electron chi connectivity index (χ4n) is 6.80. The molecule has 2 heterocycles. The largest absolute Gasteiger partial charge is 0.472 e. The second-order valence-electron chi connectivity index (χ2n) is 12.2. The number of carbonyl (C=O) groups is 3. The number of rotatable bonds is 9. The first kappa shape index (κ1) is 30.6. The van der Waals surface area contributed by atoms with Crippen LogP contribution in [-0.2, 0) is 20.9 Å². The molecule has 1 saturated carbocycles. The van der Waals surface area contributed by atoms with Gasteiger partial charge in [0.2, 0.25) is 11.8 Å². The van der Waals surface area contributed by atoms with E-state index in [1.54, 1.807) is 24.3 Å². The molecular weight excluding hydrogens is 542 g/mol. The van der Waals surface area contributed by atoms with E-state index < -0.39 is 11.5 Å². The maximum atomic E-state index is 13.8. The number of nitrogens with one attached hydrogen (secondary N) is 1. The summed E-state index contributed by atoms with van der Waals surface area (Å²) in [5.74, 6) is 5.59. The number of carboxylic acids is 1. The molecule has 3 aliphatic rings. The second-order valence-corrected chi connectivity index (χ2v) is 12.2. The van der Waals surface area contributed by atoms with Crippen LogP contribution in [0.3, 0.4) is 0 Å². The van der Waals surface area contributed by atoms with Gasteiger partial charge in [0, 0.05) is 37.7 Å². The van der Waals surface area contributed by atoms with Gasteiger partial charge in [0.15, 0.2) is 0 Å². The lowest BCUT2D eigenvalue weighted by atomic mass is 9.79. The molecule has 2 aliphatic heterocycles. The number of amides is 2.